The second-order valence-corrected chi connectivity index (χ2v) is 7.23. The fourth-order valence-corrected chi connectivity index (χ4v) is 5.02. The smallest absolute Gasteiger partial charge is 0.0111 e. The Hall–Kier alpha value is -0.860. The van der Waals surface area contributed by atoms with E-state index in [2.05, 4.69) is 35.2 Å². The molecule has 108 valence electrons. The molecule has 2 N–H and O–H groups in total. The predicted molar refractivity (Wildman–Crippen MR) is 82.5 cm³/mol. The van der Waals surface area contributed by atoms with Crippen molar-refractivity contribution in [3.05, 3.63) is 35.9 Å². The highest BCUT2D eigenvalue weighted by atomic mass is 15.2. The van der Waals surface area contributed by atoms with Crippen LogP contribution < -0.4 is 5.73 Å². The first-order valence-corrected chi connectivity index (χ1v) is 8.34. The number of rotatable bonds is 3. The molecule has 2 heteroatoms. The van der Waals surface area contributed by atoms with Gasteiger partial charge in [0.25, 0.3) is 0 Å². The minimum Gasteiger partial charge on any atom is -0.327 e. The second kappa shape index (κ2) is 5.16. The zero-order valence-corrected chi connectivity index (χ0v) is 12.2. The Morgan fingerprint density at radius 3 is 2.60 bits per heavy atom. The summed E-state index contributed by atoms with van der Waals surface area (Å²) in [5, 5.41) is 0. The largest absolute Gasteiger partial charge is 0.327 e. The van der Waals surface area contributed by atoms with Gasteiger partial charge in [0.2, 0.25) is 0 Å². The van der Waals surface area contributed by atoms with Crippen molar-refractivity contribution in [2.45, 2.75) is 37.6 Å². The number of hydrogen-bond acceptors (Lipinski definition) is 2. The summed E-state index contributed by atoms with van der Waals surface area (Å²) in [5.74, 6) is 3.30. The minimum atomic E-state index is 0.490. The maximum atomic E-state index is 6.46. The van der Waals surface area contributed by atoms with Gasteiger partial charge in [0.15, 0.2) is 0 Å². The number of fused-ring (bicyclic) bond motifs is 2. The molecule has 2 aliphatic carbocycles. The average Bonchev–Trinajstić information content (AvgIpc) is 3.19. The van der Waals surface area contributed by atoms with E-state index in [4.69, 9.17) is 5.73 Å². The fraction of sp³-hybridized carbons (Fsp3) is 0.667. The van der Waals surface area contributed by atoms with E-state index < -0.39 is 0 Å². The van der Waals surface area contributed by atoms with Gasteiger partial charge in [-0.3, -0.25) is 0 Å². The maximum Gasteiger partial charge on any atom is 0.0111 e. The van der Waals surface area contributed by atoms with Crippen LogP contribution in [0.2, 0.25) is 0 Å². The molecule has 4 rings (SSSR count). The molecule has 2 bridgehead atoms. The van der Waals surface area contributed by atoms with Gasteiger partial charge in [-0.25, -0.2) is 0 Å². The van der Waals surface area contributed by atoms with Crippen molar-refractivity contribution in [3.8, 4) is 0 Å². The van der Waals surface area contributed by atoms with Crippen molar-refractivity contribution < 1.29 is 0 Å². The number of hydrogen-bond donors (Lipinski definition) is 1. The Morgan fingerprint density at radius 1 is 1.05 bits per heavy atom. The van der Waals surface area contributed by atoms with Crippen molar-refractivity contribution in [1.29, 1.82) is 0 Å². The molecule has 0 aromatic heterocycles. The van der Waals surface area contributed by atoms with E-state index in [0.717, 1.165) is 23.7 Å². The molecule has 1 aromatic carbocycles. The molecule has 0 spiro atoms. The molecule has 5 atom stereocenters. The Morgan fingerprint density at radius 2 is 1.85 bits per heavy atom. The first kappa shape index (κ1) is 12.8. The average molecular weight is 270 g/mol. The molecular weight excluding hydrogens is 244 g/mol. The Labute approximate surface area is 122 Å². The van der Waals surface area contributed by atoms with Crippen LogP contribution in [0.15, 0.2) is 30.3 Å². The van der Waals surface area contributed by atoms with Crippen LogP contribution in [0.1, 0.15) is 37.2 Å². The monoisotopic (exact) mass is 270 g/mol. The lowest BCUT2D eigenvalue weighted by Gasteiger charge is -2.31. The lowest BCUT2D eigenvalue weighted by Crippen LogP contribution is -2.42. The van der Waals surface area contributed by atoms with Gasteiger partial charge in [-0.1, -0.05) is 30.3 Å². The Bertz CT molecular complexity index is 456. The van der Waals surface area contributed by atoms with Crippen molar-refractivity contribution in [3.63, 3.8) is 0 Å². The third kappa shape index (κ3) is 2.19. The number of nitrogens with two attached hydrogens (primary N) is 1. The van der Waals surface area contributed by atoms with Gasteiger partial charge in [0.1, 0.15) is 0 Å². The molecule has 2 saturated carbocycles. The third-order valence-corrected chi connectivity index (χ3v) is 6.17. The SMILES string of the molecule is NC1C2CCC(C2)C1CN1CCC(c2ccccc2)C1. The molecule has 1 saturated heterocycles. The van der Waals surface area contributed by atoms with E-state index in [1.165, 1.54) is 50.9 Å². The molecule has 1 aliphatic heterocycles. The van der Waals surface area contributed by atoms with Crippen molar-refractivity contribution >= 4 is 0 Å². The summed E-state index contributed by atoms with van der Waals surface area (Å²) in [6, 6.07) is 11.5. The van der Waals surface area contributed by atoms with E-state index in [1.54, 1.807) is 0 Å². The first-order chi connectivity index (χ1) is 9.81. The van der Waals surface area contributed by atoms with Crippen LogP contribution in [0.5, 0.6) is 0 Å². The van der Waals surface area contributed by atoms with Crippen molar-refractivity contribution in [2.24, 2.45) is 23.5 Å². The van der Waals surface area contributed by atoms with E-state index >= 15 is 0 Å². The van der Waals surface area contributed by atoms with Crippen LogP contribution in [-0.4, -0.2) is 30.6 Å². The number of benzene rings is 1. The molecule has 0 radical (unpaired) electrons. The maximum absolute atomic E-state index is 6.46. The fourth-order valence-electron chi connectivity index (χ4n) is 5.02. The molecular formula is C18H26N2. The van der Waals surface area contributed by atoms with Crippen LogP contribution in [0.4, 0.5) is 0 Å². The van der Waals surface area contributed by atoms with Gasteiger partial charge >= 0.3 is 0 Å². The summed E-state index contributed by atoms with van der Waals surface area (Å²) in [4.78, 5) is 2.68. The standard InChI is InChI=1S/C18H26N2/c19-18-15-7-6-14(10-15)17(18)12-20-9-8-16(11-20)13-4-2-1-3-5-13/h1-5,14-18H,6-12,19H2. The van der Waals surface area contributed by atoms with Gasteiger partial charge in [-0.15, -0.1) is 0 Å². The lowest BCUT2D eigenvalue weighted by molar-refractivity contribution is 0.197. The van der Waals surface area contributed by atoms with Gasteiger partial charge in [0, 0.05) is 19.1 Å². The third-order valence-electron chi connectivity index (χ3n) is 6.17. The summed E-state index contributed by atoms with van der Waals surface area (Å²) in [7, 11) is 0. The summed E-state index contributed by atoms with van der Waals surface area (Å²) in [6.45, 7) is 3.76. The molecule has 5 unspecified atom stereocenters. The molecule has 2 nitrogen and oxygen atoms in total. The zero-order chi connectivity index (χ0) is 13.5. The molecule has 20 heavy (non-hydrogen) atoms. The molecule has 1 aromatic rings. The molecule has 0 amide bonds. The van der Waals surface area contributed by atoms with Crippen LogP contribution in [0, 0.1) is 17.8 Å². The summed E-state index contributed by atoms with van der Waals surface area (Å²) in [6.07, 6.45) is 5.58. The Balaban J connectivity index is 1.38. The molecule has 1 heterocycles. The topological polar surface area (TPSA) is 29.3 Å². The highest BCUT2D eigenvalue weighted by molar-refractivity contribution is 5.21. The lowest BCUT2D eigenvalue weighted by atomic mass is 9.84. The summed E-state index contributed by atoms with van der Waals surface area (Å²) < 4.78 is 0. The second-order valence-electron chi connectivity index (χ2n) is 7.23. The molecule has 3 fully saturated rings. The van der Waals surface area contributed by atoms with E-state index in [0.29, 0.717) is 6.04 Å². The van der Waals surface area contributed by atoms with Crippen LogP contribution in [0.3, 0.4) is 0 Å². The van der Waals surface area contributed by atoms with Crippen molar-refractivity contribution in [1.82, 2.24) is 4.90 Å². The van der Waals surface area contributed by atoms with E-state index in [1.807, 2.05) is 0 Å². The highest BCUT2D eigenvalue weighted by Crippen LogP contribution is 2.48. The zero-order valence-electron chi connectivity index (χ0n) is 12.2. The van der Waals surface area contributed by atoms with Gasteiger partial charge in [0.05, 0.1) is 0 Å². The van der Waals surface area contributed by atoms with Gasteiger partial charge in [-0.05, 0) is 61.5 Å². The van der Waals surface area contributed by atoms with E-state index in [-0.39, 0.29) is 0 Å². The summed E-state index contributed by atoms with van der Waals surface area (Å²) in [5.41, 5.74) is 7.98. The normalized spacial score (nSPS) is 40.5. The quantitative estimate of drug-likeness (QED) is 0.915. The Kier molecular flexibility index (Phi) is 3.31. The van der Waals surface area contributed by atoms with Crippen LogP contribution >= 0.6 is 0 Å². The summed E-state index contributed by atoms with van der Waals surface area (Å²) >= 11 is 0. The van der Waals surface area contributed by atoms with Gasteiger partial charge < -0.3 is 10.6 Å². The van der Waals surface area contributed by atoms with Crippen LogP contribution in [0.25, 0.3) is 0 Å². The predicted octanol–water partition coefficient (Wildman–Crippen LogP) is 2.85. The number of likely N-dealkylation sites (tertiary alicyclic amines) is 1. The van der Waals surface area contributed by atoms with E-state index in [9.17, 15) is 0 Å². The number of nitrogens with zero attached hydrogens (tertiary/aromatic N) is 1. The van der Waals surface area contributed by atoms with Crippen molar-refractivity contribution in [2.75, 3.05) is 19.6 Å². The minimum absolute atomic E-state index is 0.490. The molecule has 3 aliphatic rings. The first-order valence-electron chi connectivity index (χ1n) is 8.34. The highest BCUT2D eigenvalue weighted by Gasteiger charge is 2.46. The van der Waals surface area contributed by atoms with Crippen LogP contribution in [-0.2, 0) is 0 Å². The van der Waals surface area contributed by atoms with Gasteiger partial charge in [-0.2, -0.15) is 0 Å².